The van der Waals surface area contributed by atoms with E-state index in [2.05, 4.69) is 5.32 Å². The summed E-state index contributed by atoms with van der Waals surface area (Å²) in [4.78, 5) is 35.4. The number of amides is 2. The van der Waals surface area contributed by atoms with E-state index in [-0.39, 0.29) is 5.91 Å². The first-order valence-electron chi connectivity index (χ1n) is 5.30. The van der Waals surface area contributed by atoms with Crippen molar-refractivity contribution >= 4 is 17.8 Å². The van der Waals surface area contributed by atoms with Crippen LogP contribution in [0.3, 0.4) is 0 Å². The molecule has 2 atom stereocenters. The lowest BCUT2D eigenvalue weighted by Crippen LogP contribution is -2.58. The first-order valence-corrected chi connectivity index (χ1v) is 5.30. The van der Waals surface area contributed by atoms with Crippen molar-refractivity contribution in [2.24, 2.45) is 5.92 Å². The summed E-state index contributed by atoms with van der Waals surface area (Å²) in [6.07, 6.45) is 0.490. The van der Waals surface area contributed by atoms with Crippen molar-refractivity contribution in [2.45, 2.75) is 26.3 Å². The lowest BCUT2D eigenvalue weighted by Gasteiger charge is -2.35. The molecule has 1 fully saturated rings. The standard InChI is InChI=1S/C10H16N2O4/c1-3-7-8(13)11-4-5-12(7)9(14)6(2)10(15)16/h6-7H,3-5H2,1-2H3,(H,11,13)(H,15,16). The summed E-state index contributed by atoms with van der Waals surface area (Å²) in [5.41, 5.74) is 0. The molecule has 0 radical (unpaired) electrons. The quantitative estimate of drug-likeness (QED) is 0.634. The summed E-state index contributed by atoms with van der Waals surface area (Å²) in [7, 11) is 0. The van der Waals surface area contributed by atoms with Crippen LogP contribution in [0.1, 0.15) is 20.3 Å². The third-order valence-electron chi connectivity index (χ3n) is 2.74. The molecule has 1 aliphatic heterocycles. The van der Waals surface area contributed by atoms with Gasteiger partial charge in [0.1, 0.15) is 12.0 Å². The molecule has 0 bridgehead atoms. The van der Waals surface area contributed by atoms with E-state index in [9.17, 15) is 14.4 Å². The van der Waals surface area contributed by atoms with E-state index >= 15 is 0 Å². The Labute approximate surface area is 93.6 Å². The lowest BCUT2D eigenvalue weighted by molar-refractivity contribution is -0.154. The Morgan fingerprint density at radius 3 is 2.75 bits per heavy atom. The maximum Gasteiger partial charge on any atom is 0.315 e. The van der Waals surface area contributed by atoms with E-state index in [4.69, 9.17) is 5.11 Å². The van der Waals surface area contributed by atoms with Crippen LogP contribution in [-0.4, -0.2) is 46.9 Å². The van der Waals surface area contributed by atoms with Gasteiger partial charge in [-0.25, -0.2) is 0 Å². The topological polar surface area (TPSA) is 86.7 Å². The van der Waals surface area contributed by atoms with Gasteiger partial charge in [0, 0.05) is 13.1 Å². The molecule has 6 nitrogen and oxygen atoms in total. The number of carbonyl (C=O) groups excluding carboxylic acids is 2. The van der Waals surface area contributed by atoms with Crippen molar-refractivity contribution in [2.75, 3.05) is 13.1 Å². The summed E-state index contributed by atoms with van der Waals surface area (Å²) in [5.74, 6) is -2.96. The predicted octanol–water partition coefficient (Wildman–Crippen LogP) is -0.556. The molecule has 90 valence electrons. The molecule has 0 aromatic rings. The number of rotatable bonds is 3. The third kappa shape index (κ3) is 2.32. The van der Waals surface area contributed by atoms with Gasteiger partial charge in [-0.1, -0.05) is 6.92 Å². The van der Waals surface area contributed by atoms with Crippen molar-refractivity contribution in [1.29, 1.82) is 0 Å². The number of hydrogen-bond donors (Lipinski definition) is 2. The van der Waals surface area contributed by atoms with Crippen molar-refractivity contribution in [3.63, 3.8) is 0 Å². The summed E-state index contributed by atoms with van der Waals surface area (Å²) < 4.78 is 0. The van der Waals surface area contributed by atoms with Gasteiger partial charge in [0.15, 0.2) is 0 Å². The fourth-order valence-corrected chi connectivity index (χ4v) is 1.74. The SMILES string of the molecule is CCC1C(=O)NCCN1C(=O)C(C)C(=O)O. The van der Waals surface area contributed by atoms with E-state index in [1.807, 2.05) is 0 Å². The second kappa shape index (κ2) is 4.96. The highest BCUT2D eigenvalue weighted by molar-refractivity contribution is 5.99. The second-order valence-corrected chi connectivity index (χ2v) is 3.81. The van der Waals surface area contributed by atoms with Crippen molar-refractivity contribution in [1.82, 2.24) is 10.2 Å². The Morgan fingerprint density at radius 1 is 1.62 bits per heavy atom. The van der Waals surface area contributed by atoms with Gasteiger partial charge in [-0.2, -0.15) is 0 Å². The number of carboxylic acids is 1. The number of nitrogens with zero attached hydrogens (tertiary/aromatic N) is 1. The van der Waals surface area contributed by atoms with Gasteiger partial charge < -0.3 is 15.3 Å². The van der Waals surface area contributed by atoms with Crippen LogP contribution in [-0.2, 0) is 14.4 Å². The van der Waals surface area contributed by atoms with Crippen LogP contribution >= 0.6 is 0 Å². The molecule has 0 aromatic carbocycles. The molecule has 2 N–H and O–H groups in total. The Balaban J connectivity index is 2.80. The monoisotopic (exact) mass is 228 g/mol. The van der Waals surface area contributed by atoms with Crippen molar-refractivity contribution in [3.8, 4) is 0 Å². The number of piperazine rings is 1. The van der Waals surface area contributed by atoms with Crippen LogP contribution in [0.25, 0.3) is 0 Å². The van der Waals surface area contributed by atoms with Crippen LogP contribution in [0.5, 0.6) is 0 Å². The highest BCUT2D eigenvalue weighted by atomic mass is 16.4. The molecule has 0 aliphatic carbocycles. The molecule has 2 unspecified atom stereocenters. The summed E-state index contributed by atoms with van der Waals surface area (Å²) in [6.45, 7) is 3.89. The van der Waals surface area contributed by atoms with E-state index in [0.29, 0.717) is 19.5 Å². The van der Waals surface area contributed by atoms with Gasteiger partial charge in [0.2, 0.25) is 11.8 Å². The average molecular weight is 228 g/mol. The van der Waals surface area contributed by atoms with Crippen LogP contribution < -0.4 is 5.32 Å². The average Bonchev–Trinajstić information content (AvgIpc) is 2.26. The van der Waals surface area contributed by atoms with E-state index in [1.54, 1.807) is 6.92 Å². The lowest BCUT2D eigenvalue weighted by atomic mass is 10.1. The summed E-state index contributed by atoms with van der Waals surface area (Å²) >= 11 is 0. The molecular weight excluding hydrogens is 212 g/mol. The fraction of sp³-hybridized carbons (Fsp3) is 0.700. The van der Waals surface area contributed by atoms with Crippen LogP contribution in [0.2, 0.25) is 0 Å². The largest absolute Gasteiger partial charge is 0.481 e. The molecule has 1 heterocycles. The minimum absolute atomic E-state index is 0.209. The molecule has 0 saturated carbocycles. The number of nitrogens with one attached hydrogen (secondary N) is 1. The third-order valence-corrected chi connectivity index (χ3v) is 2.74. The normalized spacial score (nSPS) is 22.5. The highest BCUT2D eigenvalue weighted by Crippen LogP contribution is 2.13. The zero-order valence-electron chi connectivity index (χ0n) is 9.40. The molecule has 0 spiro atoms. The molecule has 0 aromatic heterocycles. The van der Waals surface area contributed by atoms with E-state index in [1.165, 1.54) is 11.8 Å². The molecule has 1 aliphatic rings. The number of aliphatic carboxylic acids is 1. The Hall–Kier alpha value is -1.59. The van der Waals surface area contributed by atoms with E-state index < -0.39 is 23.8 Å². The van der Waals surface area contributed by atoms with Crippen LogP contribution in [0.15, 0.2) is 0 Å². The van der Waals surface area contributed by atoms with E-state index in [0.717, 1.165) is 0 Å². The van der Waals surface area contributed by atoms with Crippen molar-refractivity contribution < 1.29 is 19.5 Å². The molecule has 16 heavy (non-hydrogen) atoms. The Bertz CT molecular complexity index is 316. The molecule has 2 amide bonds. The van der Waals surface area contributed by atoms with Crippen molar-refractivity contribution in [3.05, 3.63) is 0 Å². The zero-order valence-corrected chi connectivity index (χ0v) is 9.40. The minimum Gasteiger partial charge on any atom is -0.481 e. The molecule has 1 rings (SSSR count). The van der Waals surface area contributed by atoms with Gasteiger partial charge in [0.05, 0.1) is 0 Å². The number of carbonyl (C=O) groups is 3. The second-order valence-electron chi connectivity index (χ2n) is 3.81. The zero-order chi connectivity index (χ0) is 12.3. The summed E-state index contributed by atoms with van der Waals surface area (Å²) in [6, 6.07) is -0.539. The first kappa shape index (κ1) is 12.5. The maximum atomic E-state index is 11.8. The van der Waals surface area contributed by atoms with Gasteiger partial charge in [-0.05, 0) is 13.3 Å². The Morgan fingerprint density at radius 2 is 2.25 bits per heavy atom. The number of hydrogen-bond acceptors (Lipinski definition) is 3. The minimum atomic E-state index is -1.16. The van der Waals surface area contributed by atoms with Crippen LogP contribution in [0, 0.1) is 5.92 Å². The number of carboxylic acid groups (broad SMARTS) is 1. The van der Waals surface area contributed by atoms with Crippen LogP contribution in [0.4, 0.5) is 0 Å². The van der Waals surface area contributed by atoms with Gasteiger partial charge in [-0.3, -0.25) is 14.4 Å². The maximum absolute atomic E-state index is 11.8. The van der Waals surface area contributed by atoms with Gasteiger partial charge in [-0.15, -0.1) is 0 Å². The smallest absolute Gasteiger partial charge is 0.315 e. The molecular formula is C10H16N2O4. The molecule has 1 saturated heterocycles. The highest BCUT2D eigenvalue weighted by Gasteiger charge is 2.35. The Kier molecular flexibility index (Phi) is 3.87. The molecule has 6 heteroatoms. The fourth-order valence-electron chi connectivity index (χ4n) is 1.74. The summed E-state index contributed by atoms with van der Waals surface area (Å²) in [5, 5.41) is 11.4. The first-order chi connectivity index (χ1) is 7.49. The van der Waals surface area contributed by atoms with Gasteiger partial charge in [0.25, 0.3) is 0 Å². The van der Waals surface area contributed by atoms with Gasteiger partial charge >= 0.3 is 5.97 Å². The predicted molar refractivity (Wildman–Crippen MR) is 55.6 cm³/mol.